The summed E-state index contributed by atoms with van der Waals surface area (Å²) in [5.74, 6) is -3.68. The van der Waals surface area contributed by atoms with Gasteiger partial charge in [0, 0.05) is 5.69 Å². The molecule has 0 bridgehead atoms. The summed E-state index contributed by atoms with van der Waals surface area (Å²) in [5.41, 5.74) is 0.275. The van der Waals surface area contributed by atoms with E-state index in [1.807, 2.05) is 13.8 Å². The molecule has 2 aromatic rings. The molecule has 0 heterocycles. The van der Waals surface area contributed by atoms with Crippen LogP contribution in [0.4, 0.5) is 14.5 Å². The van der Waals surface area contributed by atoms with E-state index in [9.17, 15) is 18.4 Å². The van der Waals surface area contributed by atoms with Crippen molar-refractivity contribution in [3.05, 3.63) is 71.8 Å². The van der Waals surface area contributed by atoms with Crippen LogP contribution >= 0.6 is 0 Å². The summed E-state index contributed by atoms with van der Waals surface area (Å²) in [6, 6.07) is 9.81. The van der Waals surface area contributed by atoms with Gasteiger partial charge in [-0.2, -0.15) is 0 Å². The van der Waals surface area contributed by atoms with Crippen molar-refractivity contribution in [1.29, 1.82) is 0 Å². The van der Waals surface area contributed by atoms with Crippen LogP contribution < -0.4 is 4.90 Å². The second-order valence-corrected chi connectivity index (χ2v) is 7.41. The lowest BCUT2D eigenvalue weighted by molar-refractivity contribution is -0.152. The highest BCUT2D eigenvalue weighted by molar-refractivity contribution is 6.08. The molecule has 0 spiro atoms. The van der Waals surface area contributed by atoms with Gasteiger partial charge in [0.15, 0.2) is 0 Å². The van der Waals surface area contributed by atoms with Gasteiger partial charge in [-0.25, -0.2) is 8.78 Å². The summed E-state index contributed by atoms with van der Waals surface area (Å²) in [6.07, 6.45) is 0. The van der Waals surface area contributed by atoms with Crippen LogP contribution in [0.2, 0.25) is 0 Å². The molecule has 4 nitrogen and oxygen atoms in total. The highest BCUT2D eigenvalue weighted by Crippen LogP contribution is 2.24. The third-order valence-corrected chi connectivity index (χ3v) is 3.78. The Kier molecular flexibility index (Phi) is 8.90. The zero-order valence-corrected chi connectivity index (χ0v) is 18.4. The maximum absolute atomic E-state index is 14.2. The highest BCUT2D eigenvalue weighted by Gasteiger charge is 2.28. The number of nitrogens with zero attached hydrogens (tertiary/aromatic N) is 1. The van der Waals surface area contributed by atoms with E-state index < -0.39 is 41.2 Å². The summed E-state index contributed by atoms with van der Waals surface area (Å²) in [5, 5.41) is 0. The van der Waals surface area contributed by atoms with Crippen LogP contribution in [0.15, 0.2) is 49.0 Å². The van der Waals surface area contributed by atoms with Gasteiger partial charge >= 0.3 is 5.97 Å². The number of rotatable bonds is 5. The van der Waals surface area contributed by atoms with Crippen LogP contribution in [-0.2, 0) is 9.53 Å². The van der Waals surface area contributed by atoms with E-state index in [0.717, 1.165) is 28.2 Å². The van der Waals surface area contributed by atoms with Crippen molar-refractivity contribution in [3.8, 4) is 0 Å². The van der Waals surface area contributed by atoms with Crippen LogP contribution in [-0.4, -0.2) is 24.0 Å². The number of benzene rings is 2. The molecule has 0 aliphatic carbocycles. The van der Waals surface area contributed by atoms with Gasteiger partial charge in [0.05, 0.1) is 0 Å². The minimum absolute atomic E-state index is 0.305. The highest BCUT2D eigenvalue weighted by atomic mass is 19.1. The number of carbonyl (C=O) groups excluding carboxylic acids is 2. The Morgan fingerprint density at radius 1 is 1.03 bits per heavy atom. The van der Waals surface area contributed by atoms with Crippen molar-refractivity contribution in [2.24, 2.45) is 0 Å². The van der Waals surface area contributed by atoms with Gasteiger partial charge in [0.2, 0.25) is 0 Å². The lowest BCUT2D eigenvalue weighted by Gasteiger charge is -2.26. The average molecular weight is 417 g/mol. The Balaban J connectivity index is 0.00000218. The first-order valence-corrected chi connectivity index (χ1v) is 9.73. The number of carbonyl (C=O) groups is 2. The van der Waals surface area contributed by atoms with Crippen LogP contribution in [0.1, 0.15) is 57.5 Å². The third kappa shape index (κ3) is 6.79. The Hall–Kier alpha value is -3.02. The van der Waals surface area contributed by atoms with E-state index in [1.165, 1.54) is 6.07 Å². The average Bonchev–Trinajstić information content (AvgIpc) is 2.66. The molecular formula is C24H29F2NO3. The second-order valence-electron chi connectivity index (χ2n) is 7.41. The Morgan fingerprint density at radius 3 is 2.07 bits per heavy atom. The molecule has 162 valence electrons. The minimum atomic E-state index is -1.00. The number of ether oxygens (including phenoxy) is 1. The lowest BCUT2D eigenvalue weighted by atomic mass is 10.1. The van der Waals surface area contributed by atoms with E-state index in [4.69, 9.17) is 4.74 Å². The predicted octanol–water partition coefficient (Wildman–Crippen LogP) is 6.01. The zero-order chi connectivity index (χ0) is 23.1. The van der Waals surface area contributed by atoms with E-state index in [0.29, 0.717) is 5.69 Å². The number of hydrogen-bond acceptors (Lipinski definition) is 3. The normalized spacial score (nSPS) is 10.5. The van der Waals surface area contributed by atoms with Crippen molar-refractivity contribution in [2.45, 2.75) is 47.1 Å². The summed E-state index contributed by atoms with van der Waals surface area (Å²) in [6.45, 7) is 14.2. The Morgan fingerprint density at radius 2 is 1.57 bits per heavy atom. The topological polar surface area (TPSA) is 46.6 Å². The minimum Gasteiger partial charge on any atom is -0.459 e. The summed E-state index contributed by atoms with van der Waals surface area (Å²) in [7, 11) is 0. The van der Waals surface area contributed by atoms with E-state index in [1.54, 1.807) is 52.0 Å². The molecule has 30 heavy (non-hydrogen) atoms. The van der Waals surface area contributed by atoms with Crippen LogP contribution in [0.5, 0.6) is 0 Å². The number of anilines is 1. The van der Waals surface area contributed by atoms with Crippen molar-refractivity contribution < 1.29 is 23.1 Å². The third-order valence-electron chi connectivity index (χ3n) is 3.78. The smallest absolute Gasteiger partial charge is 0.326 e. The summed E-state index contributed by atoms with van der Waals surface area (Å²) in [4.78, 5) is 26.3. The Bertz CT molecular complexity index is 897. The van der Waals surface area contributed by atoms with Crippen molar-refractivity contribution in [2.75, 3.05) is 11.4 Å². The maximum atomic E-state index is 14.2. The molecule has 0 N–H and O–H groups in total. The second kappa shape index (κ2) is 10.7. The molecule has 0 fully saturated rings. The monoisotopic (exact) mass is 417 g/mol. The molecule has 0 atom stereocenters. The van der Waals surface area contributed by atoms with Crippen LogP contribution in [0.25, 0.3) is 5.57 Å². The number of amides is 1. The Labute approximate surface area is 177 Å². The van der Waals surface area contributed by atoms with Gasteiger partial charge in [-0.3, -0.25) is 14.5 Å². The SMILES string of the molecule is C=C(C)c1cccc(N(CC(=O)OC(C)(C)C)C(=O)c2c(F)cccc2F)c1.CC. The van der Waals surface area contributed by atoms with Crippen molar-refractivity contribution in [1.82, 2.24) is 0 Å². The van der Waals surface area contributed by atoms with Gasteiger partial charge in [0.25, 0.3) is 5.91 Å². The van der Waals surface area contributed by atoms with Crippen molar-refractivity contribution >= 4 is 23.1 Å². The molecule has 0 unspecified atom stereocenters. The fraction of sp³-hybridized carbons (Fsp3) is 0.333. The first-order valence-electron chi connectivity index (χ1n) is 9.73. The van der Waals surface area contributed by atoms with E-state index >= 15 is 0 Å². The van der Waals surface area contributed by atoms with E-state index in [-0.39, 0.29) is 0 Å². The summed E-state index contributed by atoms with van der Waals surface area (Å²) < 4.78 is 33.6. The van der Waals surface area contributed by atoms with Crippen LogP contribution in [0.3, 0.4) is 0 Å². The van der Waals surface area contributed by atoms with E-state index in [2.05, 4.69) is 6.58 Å². The number of hydrogen-bond donors (Lipinski definition) is 0. The number of allylic oxidation sites excluding steroid dienone is 1. The summed E-state index contributed by atoms with van der Waals surface area (Å²) >= 11 is 0. The van der Waals surface area contributed by atoms with Crippen LogP contribution in [0, 0.1) is 11.6 Å². The molecule has 0 radical (unpaired) electrons. The number of esters is 1. The predicted molar refractivity (Wildman–Crippen MR) is 116 cm³/mol. The van der Waals surface area contributed by atoms with Gasteiger partial charge in [-0.15, -0.1) is 0 Å². The fourth-order valence-corrected chi connectivity index (χ4v) is 2.56. The van der Waals surface area contributed by atoms with Crippen molar-refractivity contribution in [3.63, 3.8) is 0 Å². The van der Waals surface area contributed by atoms with Gasteiger partial charge in [-0.1, -0.05) is 44.2 Å². The molecule has 0 aromatic heterocycles. The van der Waals surface area contributed by atoms with Gasteiger partial charge < -0.3 is 4.74 Å². The molecule has 0 aliphatic rings. The first-order chi connectivity index (χ1) is 14.0. The molecule has 2 rings (SSSR count). The molecule has 6 heteroatoms. The molecule has 1 amide bonds. The molecular weight excluding hydrogens is 388 g/mol. The standard InChI is InChI=1S/C22H23F2NO3.C2H6/c1-14(2)15-8-6-9-16(12-15)25(13-19(26)28-22(3,4)5)21(27)20-17(23)10-7-11-18(20)24;1-2/h6-12H,1,13H2,2-5H3;1-2H3. The zero-order valence-electron chi connectivity index (χ0n) is 18.4. The molecule has 0 aliphatic heterocycles. The molecule has 0 saturated heterocycles. The van der Waals surface area contributed by atoms with Gasteiger partial charge in [-0.05, 0) is 57.5 Å². The lowest BCUT2D eigenvalue weighted by Crippen LogP contribution is -2.39. The fourth-order valence-electron chi connectivity index (χ4n) is 2.56. The number of halogens is 2. The van der Waals surface area contributed by atoms with Gasteiger partial charge in [0.1, 0.15) is 29.3 Å². The molecule has 0 saturated carbocycles. The first kappa shape index (κ1) is 25.0. The largest absolute Gasteiger partial charge is 0.459 e. The quantitative estimate of drug-likeness (QED) is 0.560. The molecule has 2 aromatic carbocycles. The maximum Gasteiger partial charge on any atom is 0.326 e.